The van der Waals surface area contributed by atoms with Crippen LogP contribution in [-0.2, 0) is 4.74 Å². The quantitative estimate of drug-likeness (QED) is 0.937. The van der Waals surface area contributed by atoms with Crippen LogP contribution in [0.2, 0.25) is 0 Å². The van der Waals surface area contributed by atoms with Crippen LogP contribution in [0.3, 0.4) is 0 Å². The smallest absolute Gasteiger partial charge is 0.414 e. The van der Waals surface area contributed by atoms with E-state index >= 15 is 0 Å². The largest absolute Gasteiger partial charge is 0.442 e. The molecule has 1 atom stereocenters. The van der Waals surface area contributed by atoms with E-state index in [0.29, 0.717) is 30.2 Å². The van der Waals surface area contributed by atoms with Gasteiger partial charge in [0.15, 0.2) is 5.82 Å². The molecule has 0 radical (unpaired) electrons. The standard InChI is InChI=1S/C14H14FN3O3/c1-9-2-3-10(6-12(9)15)18-8-11(21-14(18)19)7-16-13-4-5-20-17-13/h2-6,11H,7-8H2,1H3,(H,16,17). The lowest BCUT2D eigenvalue weighted by atomic mass is 10.2. The van der Waals surface area contributed by atoms with Gasteiger partial charge in [-0.3, -0.25) is 4.90 Å². The molecule has 7 heteroatoms. The minimum atomic E-state index is -0.481. The van der Waals surface area contributed by atoms with Crippen molar-refractivity contribution >= 4 is 17.6 Å². The van der Waals surface area contributed by atoms with Crippen LogP contribution in [0.15, 0.2) is 35.1 Å². The summed E-state index contributed by atoms with van der Waals surface area (Å²) in [5.41, 5.74) is 1.03. The summed E-state index contributed by atoms with van der Waals surface area (Å²) in [6.45, 7) is 2.43. The summed E-state index contributed by atoms with van der Waals surface area (Å²) in [4.78, 5) is 13.3. The van der Waals surface area contributed by atoms with Crippen LogP contribution in [0.5, 0.6) is 0 Å². The number of rotatable bonds is 4. The Hall–Kier alpha value is -2.57. The zero-order valence-corrected chi connectivity index (χ0v) is 11.4. The van der Waals surface area contributed by atoms with Crippen LogP contribution in [-0.4, -0.2) is 30.4 Å². The molecule has 6 nitrogen and oxygen atoms in total. The molecule has 1 aromatic heterocycles. The topological polar surface area (TPSA) is 67.6 Å². The summed E-state index contributed by atoms with van der Waals surface area (Å²) in [6.07, 6.45) is 0.633. The van der Waals surface area contributed by atoms with E-state index in [1.54, 1.807) is 25.1 Å². The molecule has 21 heavy (non-hydrogen) atoms. The average molecular weight is 291 g/mol. The van der Waals surface area contributed by atoms with Gasteiger partial charge >= 0.3 is 6.09 Å². The molecule has 110 valence electrons. The van der Waals surface area contributed by atoms with E-state index in [-0.39, 0.29) is 11.9 Å². The van der Waals surface area contributed by atoms with E-state index < -0.39 is 6.09 Å². The Morgan fingerprint density at radius 3 is 3.05 bits per heavy atom. The maximum absolute atomic E-state index is 13.6. The van der Waals surface area contributed by atoms with E-state index in [0.717, 1.165) is 0 Å². The monoisotopic (exact) mass is 291 g/mol. The molecule has 1 aromatic carbocycles. The van der Waals surface area contributed by atoms with Crippen molar-refractivity contribution in [2.75, 3.05) is 23.3 Å². The van der Waals surface area contributed by atoms with Gasteiger partial charge in [0.1, 0.15) is 18.2 Å². The van der Waals surface area contributed by atoms with E-state index in [2.05, 4.69) is 10.5 Å². The summed E-state index contributed by atoms with van der Waals surface area (Å²) < 4.78 is 23.5. The molecule has 0 aliphatic carbocycles. The number of aromatic nitrogens is 1. The second-order valence-corrected chi connectivity index (χ2v) is 4.82. The van der Waals surface area contributed by atoms with E-state index in [1.807, 2.05) is 0 Å². The fraction of sp³-hybridized carbons (Fsp3) is 0.286. The van der Waals surface area contributed by atoms with E-state index in [4.69, 9.17) is 9.26 Å². The van der Waals surface area contributed by atoms with Crippen molar-refractivity contribution in [1.82, 2.24) is 5.16 Å². The minimum absolute atomic E-state index is 0.335. The van der Waals surface area contributed by atoms with Gasteiger partial charge in [-0.25, -0.2) is 9.18 Å². The van der Waals surface area contributed by atoms with Crippen LogP contribution in [0, 0.1) is 12.7 Å². The Morgan fingerprint density at radius 2 is 2.33 bits per heavy atom. The summed E-state index contributed by atoms with van der Waals surface area (Å²) in [7, 11) is 0. The van der Waals surface area contributed by atoms with Crippen LogP contribution < -0.4 is 10.2 Å². The molecule has 1 aliphatic heterocycles. The number of nitrogens with zero attached hydrogens (tertiary/aromatic N) is 2. The first-order valence-electron chi connectivity index (χ1n) is 6.52. The molecule has 1 N–H and O–H groups in total. The SMILES string of the molecule is Cc1ccc(N2CC(CNc3ccon3)OC2=O)cc1F. The summed E-state index contributed by atoms with van der Waals surface area (Å²) in [6, 6.07) is 6.35. The molecule has 3 rings (SSSR count). The second kappa shape index (κ2) is 5.43. The third-order valence-electron chi connectivity index (χ3n) is 3.29. The van der Waals surface area contributed by atoms with Gasteiger partial charge in [-0.15, -0.1) is 0 Å². The number of hydrogen-bond donors (Lipinski definition) is 1. The highest BCUT2D eigenvalue weighted by molar-refractivity contribution is 5.89. The van der Waals surface area contributed by atoms with Gasteiger partial charge < -0.3 is 14.6 Å². The number of cyclic esters (lactones) is 1. The third-order valence-corrected chi connectivity index (χ3v) is 3.29. The molecule has 2 aromatic rings. The maximum atomic E-state index is 13.6. The molecule has 0 saturated carbocycles. The lowest BCUT2D eigenvalue weighted by molar-refractivity contribution is 0.147. The predicted molar refractivity (Wildman–Crippen MR) is 73.7 cm³/mol. The number of aryl methyl sites for hydroxylation is 1. The Bertz CT molecular complexity index is 645. The highest BCUT2D eigenvalue weighted by atomic mass is 19.1. The van der Waals surface area contributed by atoms with Gasteiger partial charge in [0, 0.05) is 6.07 Å². The number of ether oxygens (including phenoxy) is 1. The zero-order valence-electron chi connectivity index (χ0n) is 11.4. The lowest BCUT2D eigenvalue weighted by Crippen LogP contribution is -2.27. The van der Waals surface area contributed by atoms with Crippen molar-refractivity contribution in [3.05, 3.63) is 41.9 Å². The fourth-order valence-electron chi connectivity index (χ4n) is 2.11. The molecular weight excluding hydrogens is 277 g/mol. The molecule has 0 bridgehead atoms. The van der Waals surface area contributed by atoms with Gasteiger partial charge in [0.2, 0.25) is 0 Å². The molecule has 0 spiro atoms. The normalized spacial score (nSPS) is 17.9. The van der Waals surface area contributed by atoms with Crippen LogP contribution in [0.25, 0.3) is 0 Å². The van der Waals surface area contributed by atoms with Crippen molar-refractivity contribution in [1.29, 1.82) is 0 Å². The zero-order chi connectivity index (χ0) is 14.8. The van der Waals surface area contributed by atoms with Crippen molar-refractivity contribution in [2.45, 2.75) is 13.0 Å². The molecule has 1 saturated heterocycles. The van der Waals surface area contributed by atoms with Crippen LogP contribution in [0.1, 0.15) is 5.56 Å². The van der Waals surface area contributed by atoms with Crippen molar-refractivity contribution in [2.24, 2.45) is 0 Å². The second-order valence-electron chi connectivity index (χ2n) is 4.82. The number of nitrogens with one attached hydrogen (secondary N) is 1. The molecule has 1 fully saturated rings. The van der Waals surface area contributed by atoms with Gasteiger partial charge in [-0.05, 0) is 24.6 Å². The number of benzene rings is 1. The van der Waals surface area contributed by atoms with Crippen molar-refractivity contribution in [3.63, 3.8) is 0 Å². The number of anilines is 2. The minimum Gasteiger partial charge on any atom is -0.442 e. The average Bonchev–Trinajstić information content (AvgIpc) is 3.09. The highest BCUT2D eigenvalue weighted by Crippen LogP contribution is 2.23. The Morgan fingerprint density at radius 1 is 1.48 bits per heavy atom. The molecule has 1 aliphatic rings. The summed E-state index contributed by atoms with van der Waals surface area (Å²) in [5.74, 6) is 0.232. The number of carbonyl (C=O) groups is 1. The lowest BCUT2D eigenvalue weighted by Gasteiger charge is -2.13. The van der Waals surface area contributed by atoms with Crippen LogP contribution >= 0.6 is 0 Å². The van der Waals surface area contributed by atoms with E-state index in [9.17, 15) is 9.18 Å². The Labute approximate surface area is 120 Å². The van der Waals surface area contributed by atoms with E-state index in [1.165, 1.54) is 17.2 Å². The predicted octanol–water partition coefficient (Wildman–Crippen LogP) is 2.56. The number of halogens is 1. The van der Waals surface area contributed by atoms with Gasteiger partial charge in [0.25, 0.3) is 0 Å². The molecule has 2 heterocycles. The Kier molecular flexibility index (Phi) is 3.47. The van der Waals surface area contributed by atoms with Crippen molar-refractivity contribution < 1.29 is 18.4 Å². The summed E-state index contributed by atoms with van der Waals surface area (Å²) >= 11 is 0. The van der Waals surface area contributed by atoms with Gasteiger partial charge in [0.05, 0.1) is 18.8 Å². The fourth-order valence-corrected chi connectivity index (χ4v) is 2.11. The third kappa shape index (κ3) is 2.81. The van der Waals surface area contributed by atoms with Gasteiger partial charge in [-0.2, -0.15) is 0 Å². The number of carbonyl (C=O) groups excluding carboxylic acids is 1. The number of hydrogen-bond acceptors (Lipinski definition) is 5. The molecular formula is C14H14FN3O3. The first-order chi connectivity index (χ1) is 10.1. The van der Waals surface area contributed by atoms with Gasteiger partial charge in [-0.1, -0.05) is 11.2 Å². The first-order valence-corrected chi connectivity index (χ1v) is 6.52. The molecule has 1 amide bonds. The van der Waals surface area contributed by atoms with Crippen molar-refractivity contribution in [3.8, 4) is 0 Å². The van der Waals surface area contributed by atoms with Crippen LogP contribution in [0.4, 0.5) is 20.7 Å². The highest BCUT2D eigenvalue weighted by Gasteiger charge is 2.32. The summed E-state index contributed by atoms with van der Waals surface area (Å²) in [5, 5.41) is 6.70. The molecule has 1 unspecified atom stereocenters. The first kappa shape index (κ1) is 13.4. The number of amides is 1. The maximum Gasteiger partial charge on any atom is 0.414 e. The Balaban J connectivity index is 1.65.